The van der Waals surface area contributed by atoms with Crippen molar-refractivity contribution in [2.45, 2.75) is 38.3 Å². The quantitative estimate of drug-likeness (QED) is 0.287. The molecular weight excluding hydrogens is 532 g/mol. The van der Waals surface area contributed by atoms with Gasteiger partial charge in [0.15, 0.2) is 17.3 Å². The van der Waals surface area contributed by atoms with Crippen LogP contribution < -0.4 is 20.1 Å². The maximum atomic E-state index is 14.6. The maximum absolute atomic E-state index is 14.6. The molecule has 2 atom stereocenters. The number of rotatable bonds is 9. The van der Waals surface area contributed by atoms with Gasteiger partial charge in [-0.3, -0.25) is 9.59 Å². The molecule has 2 heterocycles. The van der Waals surface area contributed by atoms with E-state index in [2.05, 4.69) is 27.2 Å². The second kappa shape index (κ2) is 12.2. The molecule has 2 N–H and O–H groups in total. The monoisotopic (exact) mass is 559 g/mol. The molecule has 39 heavy (non-hydrogen) atoms. The Bertz CT molecular complexity index is 1410. The number of ether oxygens (including phenoxy) is 2. The van der Waals surface area contributed by atoms with Gasteiger partial charge in [-0.05, 0) is 30.7 Å². The van der Waals surface area contributed by atoms with E-state index in [0.29, 0.717) is 41.9 Å². The minimum absolute atomic E-state index is 0.0696. The van der Waals surface area contributed by atoms with E-state index < -0.39 is 28.8 Å². The van der Waals surface area contributed by atoms with E-state index in [0.717, 1.165) is 12.5 Å². The average molecular weight is 560 g/mol. The van der Waals surface area contributed by atoms with E-state index in [1.807, 2.05) is 6.92 Å². The molecule has 0 saturated carbocycles. The fraction of sp³-hybridized carbons (Fsp3) is 0.333. The molecule has 0 unspecified atom stereocenters. The third-order valence-corrected chi connectivity index (χ3v) is 6.71. The molecular formula is C27H28ClF2N5O4. The van der Waals surface area contributed by atoms with Crippen LogP contribution in [0.15, 0.2) is 43.2 Å². The van der Waals surface area contributed by atoms with Crippen molar-refractivity contribution in [3.05, 3.63) is 59.9 Å². The number of anilines is 2. The molecule has 1 aromatic heterocycles. The molecule has 0 aliphatic carbocycles. The lowest BCUT2D eigenvalue weighted by Crippen LogP contribution is -2.55. The van der Waals surface area contributed by atoms with Crippen molar-refractivity contribution in [3.63, 3.8) is 0 Å². The minimum atomic E-state index is -0.957. The van der Waals surface area contributed by atoms with Crippen molar-refractivity contribution >= 4 is 45.8 Å². The summed E-state index contributed by atoms with van der Waals surface area (Å²) in [5.41, 5.74) is 0.411. The van der Waals surface area contributed by atoms with E-state index in [4.69, 9.17) is 21.1 Å². The highest BCUT2D eigenvalue weighted by Crippen LogP contribution is 2.37. The molecule has 3 aromatic rings. The first-order valence-electron chi connectivity index (χ1n) is 12.4. The molecule has 0 radical (unpaired) electrons. The molecule has 2 amide bonds. The van der Waals surface area contributed by atoms with Crippen molar-refractivity contribution < 1.29 is 27.8 Å². The number of hydrogen-bond acceptors (Lipinski definition) is 7. The van der Waals surface area contributed by atoms with Gasteiger partial charge in [0.2, 0.25) is 11.8 Å². The van der Waals surface area contributed by atoms with Crippen molar-refractivity contribution in [3.8, 4) is 11.5 Å². The summed E-state index contributed by atoms with van der Waals surface area (Å²) in [6.45, 7) is 6.28. The van der Waals surface area contributed by atoms with Gasteiger partial charge in [0.25, 0.3) is 0 Å². The number of amides is 2. The van der Waals surface area contributed by atoms with E-state index >= 15 is 0 Å². The van der Waals surface area contributed by atoms with Crippen LogP contribution in [-0.4, -0.2) is 59.0 Å². The molecule has 4 rings (SSSR count). The largest absolute Gasteiger partial charge is 0.493 e. The predicted octanol–water partition coefficient (Wildman–Crippen LogP) is 4.76. The number of aromatic nitrogens is 2. The van der Waals surface area contributed by atoms with Crippen LogP contribution in [0, 0.1) is 11.6 Å². The van der Waals surface area contributed by atoms with Gasteiger partial charge in [0, 0.05) is 37.4 Å². The second-order valence-corrected chi connectivity index (χ2v) is 9.28. The van der Waals surface area contributed by atoms with Crippen molar-refractivity contribution in [1.29, 1.82) is 0 Å². The highest BCUT2D eigenvalue weighted by atomic mass is 35.5. The normalized spacial score (nSPS) is 17.0. The highest BCUT2D eigenvalue weighted by molar-refractivity contribution is 6.31. The van der Waals surface area contributed by atoms with Crippen LogP contribution in [0.3, 0.4) is 0 Å². The number of fused-ring (bicyclic) bond motifs is 1. The van der Waals surface area contributed by atoms with Crippen LogP contribution in [-0.2, 0) is 9.59 Å². The minimum Gasteiger partial charge on any atom is -0.493 e. The maximum Gasteiger partial charge on any atom is 0.246 e. The van der Waals surface area contributed by atoms with Crippen LogP contribution in [0.4, 0.5) is 20.3 Å². The zero-order valence-corrected chi connectivity index (χ0v) is 22.2. The molecule has 206 valence electrons. The first-order chi connectivity index (χ1) is 18.8. The smallest absolute Gasteiger partial charge is 0.246 e. The summed E-state index contributed by atoms with van der Waals surface area (Å²) >= 11 is 5.72. The van der Waals surface area contributed by atoms with E-state index in [9.17, 15) is 18.4 Å². The van der Waals surface area contributed by atoms with Crippen LogP contribution in [0.2, 0.25) is 5.02 Å². The number of halogens is 3. The fourth-order valence-corrected chi connectivity index (χ4v) is 4.55. The van der Waals surface area contributed by atoms with Gasteiger partial charge in [-0.1, -0.05) is 25.1 Å². The van der Waals surface area contributed by atoms with Crippen LogP contribution in [0.25, 0.3) is 10.9 Å². The van der Waals surface area contributed by atoms with E-state index in [-0.39, 0.29) is 29.7 Å². The fourth-order valence-electron chi connectivity index (χ4n) is 4.38. The van der Waals surface area contributed by atoms with Crippen LogP contribution in [0.5, 0.6) is 11.5 Å². The lowest BCUT2D eigenvalue weighted by Gasteiger charge is -2.38. The summed E-state index contributed by atoms with van der Waals surface area (Å²) < 4.78 is 40.0. The Morgan fingerprint density at radius 3 is 2.77 bits per heavy atom. The SMILES string of the molecule is C=CC(=O)N1CC[C@H](Oc2cc3c(Nc4ccc(F)c(Cl)c4F)ncnc3cc2OC)C[C@H]1C(=O)NCCC. The van der Waals surface area contributed by atoms with E-state index in [1.54, 1.807) is 12.1 Å². The van der Waals surface area contributed by atoms with Gasteiger partial charge in [0.1, 0.15) is 35.1 Å². The standard InChI is InChI=1S/C27H28ClF2N5O4/c1-4-9-31-27(37)20-11-15(8-10-35(20)23(36)5-2)39-22-12-16-19(13-21(22)38-3)32-14-33-26(16)34-18-7-6-17(29)24(28)25(18)30/h5-7,12-15,20H,2,4,8-11H2,1,3H3,(H,31,37)(H,32,33,34)/t15-,20-/m0/s1. The summed E-state index contributed by atoms with van der Waals surface area (Å²) in [6.07, 6.45) is 3.55. The third kappa shape index (κ3) is 6.03. The zero-order chi connectivity index (χ0) is 28.1. The lowest BCUT2D eigenvalue weighted by molar-refractivity contribution is -0.140. The van der Waals surface area contributed by atoms with Gasteiger partial charge in [0.05, 0.1) is 18.3 Å². The van der Waals surface area contributed by atoms with Crippen molar-refractivity contribution in [2.75, 3.05) is 25.5 Å². The molecule has 0 spiro atoms. The molecule has 1 fully saturated rings. The first kappa shape index (κ1) is 28.0. The molecule has 1 aliphatic heterocycles. The van der Waals surface area contributed by atoms with Crippen molar-refractivity contribution in [2.24, 2.45) is 0 Å². The van der Waals surface area contributed by atoms with Gasteiger partial charge in [-0.15, -0.1) is 0 Å². The Kier molecular flexibility index (Phi) is 8.80. The number of methoxy groups -OCH3 is 1. The summed E-state index contributed by atoms with van der Waals surface area (Å²) in [5.74, 6) is -1.45. The van der Waals surface area contributed by atoms with Gasteiger partial charge in [-0.25, -0.2) is 18.7 Å². The molecule has 1 aliphatic rings. The number of hydrogen-bond donors (Lipinski definition) is 2. The van der Waals surface area contributed by atoms with Crippen LogP contribution >= 0.6 is 11.6 Å². The Morgan fingerprint density at radius 1 is 1.26 bits per heavy atom. The highest BCUT2D eigenvalue weighted by Gasteiger charge is 2.36. The predicted molar refractivity (Wildman–Crippen MR) is 143 cm³/mol. The molecule has 9 nitrogen and oxygen atoms in total. The number of piperidine rings is 1. The van der Waals surface area contributed by atoms with Gasteiger partial charge >= 0.3 is 0 Å². The number of likely N-dealkylation sites (tertiary alicyclic amines) is 1. The topological polar surface area (TPSA) is 106 Å². The van der Waals surface area contributed by atoms with E-state index in [1.165, 1.54) is 30.5 Å². The van der Waals surface area contributed by atoms with Gasteiger partial charge in [-0.2, -0.15) is 0 Å². The summed E-state index contributed by atoms with van der Waals surface area (Å²) in [6, 6.07) is 4.83. The zero-order valence-electron chi connectivity index (χ0n) is 21.5. The second-order valence-electron chi connectivity index (χ2n) is 8.90. The number of carbonyl (C=O) groups is 2. The number of carbonyl (C=O) groups excluding carboxylic acids is 2. The number of nitrogens with one attached hydrogen (secondary N) is 2. The molecule has 1 saturated heterocycles. The Labute approximate surface area is 229 Å². The Morgan fingerprint density at radius 2 is 2.05 bits per heavy atom. The van der Waals surface area contributed by atoms with Crippen LogP contribution in [0.1, 0.15) is 26.2 Å². The molecule has 12 heteroatoms. The van der Waals surface area contributed by atoms with Crippen molar-refractivity contribution in [1.82, 2.24) is 20.2 Å². The summed E-state index contributed by atoms with van der Waals surface area (Å²) in [4.78, 5) is 35.2. The molecule has 0 bridgehead atoms. The van der Waals surface area contributed by atoms with Gasteiger partial charge < -0.3 is 25.0 Å². The average Bonchev–Trinajstić information content (AvgIpc) is 2.95. The first-order valence-corrected chi connectivity index (χ1v) is 12.8. The Hall–Kier alpha value is -3.99. The summed E-state index contributed by atoms with van der Waals surface area (Å²) in [7, 11) is 1.48. The number of nitrogens with zero attached hydrogens (tertiary/aromatic N) is 3. The summed E-state index contributed by atoms with van der Waals surface area (Å²) in [5, 5.41) is 5.53. The number of benzene rings is 2. The Balaban J connectivity index is 1.64. The molecule has 2 aromatic carbocycles. The lowest BCUT2D eigenvalue weighted by atomic mass is 9.98. The third-order valence-electron chi connectivity index (χ3n) is 6.37.